The second-order valence-electron chi connectivity index (χ2n) is 6.37. The third-order valence-electron chi connectivity index (χ3n) is 4.36. The minimum absolute atomic E-state index is 0.00601. The van der Waals surface area contributed by atoms with Gasteiger partial charge in [0.1, 0.15) is 0 Å². The molecule has 0 amide bonds. The van der Waals surface area contributed by atoms with E-state index in [0.717, 1.165) is 0 Å². The fourth-order valence-electron chi connectivity index (χ4n) is 3.07. The predicted molar refractivity (Wildman–Crippen MR) is 116 cm³/mol. The number of carbonyl (C=O) groups is 4. The van der Waals surface area contributed by atoms with Crippen LogP contribution in [0.15, 0.2) is 36.4 Å². The molecule has 8 nitrogen and oxygen atoms in total. The van der Waals surface area contributed by atoms with Gasteiger partial charge in [0.2, 0.25) is 0 Å². The van der Waals surface area contributed by atoms with Crippen LogP contribution in [-0.4, -0.2) is 50.3 Å². The van der Waals surface area contributed by atoms with Gasteiger partial charge in [-0.3, -0.25) is 0 Å². The number of carbonyl (C=O) groups excluding carboxylic acids is 4. The van der Waals surface area contributed by atoms with E-state index in [4.69, 9.17) is 18.9 Å². The molecule has 0 fully saturated rings. The van der Waals surface area contributed by atoms with Gasteiger partial charge in [0.05, 0.1) is 48.7 Å². The molecule has 0 atom stereocenters. The van der Waals surface area contributed by atoms with Crippen molar-refractivity contribution in [2.24, 2.45) is 0 Å². The molecule has 0 saturated carbocycles. The van der Waals surface area contributed by atoms with Gasteiger partial charge in [0.15, 0.2) is 0 Å². The van der Waals surface area contributed by atoms with Crippen molar-refractivity contribution in [3.63, 3.8) is 0 Å². The lowest BCUT2D eigenvalue weighted by molar-refractivity contribution is 0.0478. The molecule has 0 spiro atoms. The van der Waals surface area contributed by atoms with Crippen LogP contribution >= 0.6 is 0 Å². The van der Waals surface area contributed by atoms with E-state index in [1.165, 1.54) is 18.2 Å². The number of benzene rings is 2. The first-order valence-corrected chi connectivity index (χ1v) is 10.3. The molecule has 0 saturated heterocycles. The summed E-state index contributed by atoms with van der Waals surface area (Å²) in [6.07, 6.45) is 0. The third kappa shape index (κ3) is 5.51. The van der Waals surface area contributed by atoms with Crippen molar-refractivity contribution >= 4 is 23.9 Å². The molecule has 0 unspecified atom stereocenters. The van der Waals surface area contributed by atoms with Crippen molar-refractivity contribution in [1.82, 2.24) is 0 Å². The van der Waals surface area contributed by atoms with Crippen LogP contribution in [0.25, 0.3) is 11.1 Å². The SMILES string of the molecule is CCOC(=O)c1ccc(-c2cccc(C(=O)OCC)c2C(=O)OCC)cc1C(=O)OCC. The van der Waals surface area contributed by atoms with Crippen molar-refractivity contribution < 1.29 is 38.1 Å². The normalized spacial score (nSPS) is 10.2. The molecule has 8 heteroatoms. The summed E-state index contributed by atoms with van der Waals surface area (Å²) in [4.78, 5) is 50.1. The molecule has 2 aromatic carbocycles. The fraction of sp³-hybridized carbons (Fsp3) is 0.333. The molecule has 170 valence electrons. The second-order valence-corrected chi connectivity index (χ2v) is 6.37. The predicted octanol–water partition coefficient (Wildman–Crippen LogP) is 4.06. The lowest BCUT2D eigenvalue weighted by Crippen LogP contribution is -2.16. The first kappa shape index (κ1) is 24.6. The molecule has 0 aliphatic carbocycles. The van der Waals surface area contributed by atoms with E-state index in [-0.39, 0.29) is 48.7 Å². The minimum Gasteiger partial charge on any atom is -0.462 e. The highest BCUT2D eigenvalue weighted by atomic mass is 16.5. The summed E-state index contributed by atoms with van der Waals surface area (Å²) in [6.45, 7) is 7.09. The highest BCUT2D eigenvalue weighted by Gasteiger charge is 2.26. The van der Waals surface area contributed by atoms with E-state index in [2.05, 4.69) is 0 Å². The number of ether oxygens (including phenoxy) is 4. The van der Waals surface area contributed by atoms with Gasteiger partial charge in [-0.25, -0.2) is 19.2 Å². The monoisotopic (exact) mass is 442 g/mol. The van der Waals surface area contributed by atoms with Crippen LogP contribution in [-0.2, 0) is 18.9 Å². The maximum absolute atomic E-state index is 12.8. The Balaban J connectivity index is 2.73. The molecular formula is C24H26O8. The van der Waals surface area contributed by atoms with Crippen molar-refractivity contribution in [3.8, 4) is 11.1 Å². The van der Waals surface area contributed by atoms with Gasteiger partial charge in [0.25, 0.3) is 0 Å². The summed E-state index contributed by atoms with van der Waals surface area (Å²) in [5.74, 6) is -2.77. The Morgan fingerprint density at radius 2 is 1.09 bits per heavy atom. The highest BCUT2D eigenvalue weighted by Crippen LogP contribution is 2.30. The van der Waals surface area contributed by atoms with E-state index >= 15 is 0 Å². The lowest BCUT2D eigenvalue weighted by Gasteiger charge is -2.15. The topological polar surface area (TPSA) is 105 Å². The molecule has 0 aliphatic heterocycles. The number of esters is 4. The minimum atomic E-state index is -0.711. The van der Waals surface area contributed by atoms with Gasteiger partial charge in [-0.15, -0.1) is 0 Å². The van der Waals surface area contributed by atoms with Gasteiger partial charge >= 0.3 is 23.9 Å². The summed E-state index contributed by atoms with van der Waals surface area (Å²) in [7, 11) is 0. The van der Waals surface area contributed by atoms with Crippen LogP contribution in [0.1, 0.15) is 69.1 Å². The van der Waals surface area contributed by atoms with Crippen LogP contribution < -0.4 is 0 Å². The van der Waals surface area contributed by atoms with Crippen molar-refractivity contribution in [2.75, 3.05) is 26.4 Å². The zero-order valence-electron chi connectivity index (χ0n) is 18.6. The average Bonchev–Trinajstić information content (AvgIpc) is 2.78. The van der Waals surface area contributed by atoms with E-state index in [1.54, 1.807) is 45.9 Å². The highest BCUT2D eigenvalue weighted by molar-refractivity contribution is 6.09. The number of rotatable bonds is 9. The quantitative estimate of drug-likeness (QED) is 0.423. The zero-order chi connectivity index (χ0) is 23.7. The van der Waals surface area contributed by atoms with Crippen LogP contribution in [0.3, 0.4) is 0 Å². The molecule has 2 rings (SSSR count). The third-order valence-corrected chi connectivity index (χ3v) is 4.36. The Morgan fingerprint density at radius 1 is 0.594 bits per heavy atom. The standard InChI is InChI=1S/C24H26O8/c1-5-29-21(25)17-13-12-15(14-19(17)23(27)31-7-3)16-10-9-11-18(22(26)30-6-2)20(16)24(28)32-8-4/h9-14H,5-8H2,1-4H3. The van der Waals surface area contributed by atoms with Gasteiger partial charge in [-0.05, 0) is 57.0 Å². The molecule has 0 radical (unpaired) electrons. The Morgan fingerprint density at radius 3 is 1.66 bits per heavy atom. The van der Waals surface area contributed by atoms with E-state index in [9.17, 15) is 19.2 Å². The Labute approximate surface area is 186 Å². The molecule has 0 bridgehead atoms. The number of hydrogen-bond acceptors (Lipinski definition) is 8. The second kappa shape index (κ2) is 11.6. The molecule has 0 aliphatic rings. The van der Waals surface area contributed by atoms with Crippen molar-refractivity contribution in [2.45, 2.75) is 27.7 Å². The molecule has 2 aromatic rings. The van der Waals surface area contributed by atoms with E-state index in [1.807, 2.05) is 0 Å². The Bertz CT molecular complexity index is 1010. The van der Waals surface area contributed by atoms with Gasteiger partial charge in [-0.2, -0.15) is 0 Å². The smallest absolute Gasteiger partial charge is 0.339 e. The summed E-state index contributed by atoms with van der Waals surface area (Å²) in [6, 6.07) is 9.08. The van der Waals surface area contributed by atoms with Crippen molar-refractivity contribution in [3.05, 3.63) is 58.7 Å². The first-order chi connectivity index (χ1) is 15.4. The summed E-state index contributed by atoms with van der Waals surface area (Å²) in [5, 5.41) is 0. The summed E-state index contributed by atoms with van der Waals surface area (Å²) in [5.41, 5.74) is 0.819. The van der Waals surface area contributed by atoms with Gasteiger partial charge in [-0.1, -0.05) is 18.2 Å². The van der Waals surface area contributed by atoms with Crippen molar-refractivity contribution in [1.29, 1.82) is 0 Å². The fourth-order valence-corrected chi connectivity index (χ4v) is 3.07. The van der Waals surface area contributed by atoms with Gasteiger partial charge in [0, 0.05) is 0 Å². The van der Waals surface area contributed by atoms with Crippen LogP contribution in [0, 0.1) is 0 Å². The first-order valence-electron chi connectivity index (χ1n) is 10.3. The van der Waals surface area contributed by atoms with E-state index in [0.29, 0.717) is 11.1 Å². The molecule has 0 heterocycles. The van der Waals surface area contributed by atoms with Crippen LogP contribution in [0.4, 0.5) is 0 Å². The zero-order valence-corrected chi connectivity index (χ0v) is 18.6. The number of hydrogen-bond donors (Lipinski definition) is 0. The van der Waals surface area contributed by atoms with Crippen LogP contribution in [0.2, 0.25) is 0 Å². The Kier molecular flexibility index (Phi) is 8.95. The maximum Gasteiger partial charge on any atom is 0.339 e. The van der Waals surface area contributed by atoms with Crippen LogP contribution in [0.5, 0.6) is 0 Å². The summed E-state index contributed by atoms with van der Waals surface area (Å²) >= 11 is 0. The molecular weight excluding hydrogens is 416 g/mol. The van der Waals surface area contributed by atoms with E-state index < -0.39 is 23.9 Å². The van der Waals surface area contributed by atoms with Gasteiger partial charge < -0.3 is 18.9 Å². The molecule has 0 aromatic heterocycles. The average molecular weight is 442 g/mol. The Hall–Kier alpha value is -3.68. The molecule has 0 N–H and O–H groups in total. The summed E-state index contributed by atoms with van der Waals surface area (Å²) < 4.78 is 20.4. The lowest BCUT2D eigenvalue weighted by atomic mass is 9.92. The maximum atomic E-state index is 12.8. The largest absolute Gasteiger partial charge is 0.462 e. The molecule has 32 heavy (non-hydrogen) atoms.